The van der Waals surface area contributed by atoms with Crippen molar-refractivity contribution < 1.29 is 17.9 Å². The molecule has 138 valence electrons. The van der Waals surface area contributed by atoms with Crippen LogP contribution in [-0.4, -0.2) is 38.0 Å². The molecule has 7 heteroatoms. The van der Waals surface area contributed by atoms with Gasteiger partial charge in [0.05, 0.1) is 12.8 Å². The Morgan fingerprint density at radius 1 is 1.15 bits per heavy atom. The Balaban J connectivity index is 1.89. The molecule has 1 N–H and O–H groups in total. The minimum atomic E-state index is -3.47. The second-order valence-electron chi connectivity index (χ2n) is 5.69. The van der Waals surface area contributed by atoms with Crippen LogP contribution in [0.15, 0.2) is 67.3 Å². The summed E-state index contributed by atoms with van der Waals surface area (Å²) < 4.78 is 30.0. The number of sulfonamides is 1. The predicted octanol–water partition coefficient (Wildman–Crippen LogP) is 2.65. The Labute approximate surface area is 154 Å². The Kier molecular flexibility index (Phi) is 6.94. The van der Waals surface area contributed by atoms with Gasteiger partial charge in [0.2, 0.25) is 15.9 Å². The number of carbonyl (C=O) groups excluding carboxylic acids is 1. The van der Waals surface area contributed by atoms with Crippen LogP contribution < -0.4 is 10.1 Å². The molecule has 0 aromatic heterocycles. The first-order valence-electron chi connectivity index (χ1n) is 8.01. The molecular formula is C19H22N2O4S. The number of nitrogens with one attached hydrogen (secondary N) is 1. The molecule has 2 rings (SSSR count). The lowest BCUT2D eigenvalue weighted by Gasteiger charge is -2.17. The van der Waals surface area contributed by atoms with Gasteiger partial charge in [-0.25, -0.2) is 8.42 Å². The number of hydrogen-bond acceptors (Lipinski definition) is 4. The van der Waals surface area contributed by atoms with Crippen LogP contribution in [0.3, 0.4) is 0 Å². The van der Waals surface area contributed by atoms with E-state index in [4.69, 9.17) is 4.74 Å². The van der Waals surface area contributed by atoms with Crippen molar-refractivity contribution in [2.75, 3.05) is 24.7 Å². The summed E-state index contributed by atoms with van der Waals surface area (Å²) in [5, 5.41) is 2.67. The molecule has 0 saturated heterocycles. The topological polar surface area (TPSA) is 75.7 Å². The van der Waals surface area contributed by atoms with Crippen molar-refractivity contribution in [1.29, 1.82) is 0 Å². The molecule has 0 aliphatic carbocycles. The van der Waals surface area contributed by atoms with E-state index >= 15 is 0 Å². The second-order valence-corrected chi connectivity index (χ2v) is 7.67. The molecule has 2 aromatic rings. The molecule has 0 bridgehead atoms. The van der Waals surface area contributed by atoms with Crippen LogP contribution in [0.2, 0.25) is 0 Å². The number of carbonyl (C=O) groups is 1. The van der Waals surface area contributed by atoms with Gasteiger partial charge in [0.1, 0.15) is 12.4 Å². The van der Waals surface area contributed by atoms with E-state index in [1.807, 2.05) is 30.3 Å². The molecule has 0 unspecified atom stereocenters. The highest BCUT2D eigenvalue weighted by Crippen LogP contribution is 2.17. The van der Waals surface area contributed by atoms with Crippen LogP contribution in [0.1, 0.15) is 5.56 Å². The molecule has 0 aliphatic rings. The van der Waals surface area contributed by atoms with Gasteiger partial charge in [-0.3, -0.25) is 4.79 Å². The Morgan fingerprint density at radius 3 is 2.38 bits per heavy atom. The minimum Gasteiger partial charge on any atom is -0.489 e. The summed E-state index contributed by atoms with van der Waals surface area (Å²) in [6.45, 7) is 3.77. The summed E-state index contributed by atoms with van der Waals surface area (Å²) in [6.07, 6.45) is 2.50. The van der Waals surface area contributed by atoms with E-state index in [0.717, 1.165) is 16.1 Å². The Morgan fingerprint density at radius 2 is 1.81 bits per heavy atom. The van der Waals surface area contributed by atoms with E-state index in [1.54, 1.807) is 24.3 Å². The van der Waals surface area contributed by atoms with Crippen molar-refractivity contribution >= 4 is 21.6 Å². The van der Waals surface area contributed by atoms with E-state index in [2.05, 4.69) is 11.9 Å². The van der Waals surface area contributed by atoms with Gasteiger partial charge in [0.15, 0.2) is 0 Å². The monoisotopic (exact) mass is 374 g/mol. The predicted molar refractivity (Wildman–Crippen MR) is 102 cm³/mol. The van der Waals surface area contributed by atoms with E-state index in [-0.39, 0.29) is 13.1 Å². The van der Waals surface area contributed by atoms with Crippen molar-refractivity contribution in [1.82, 2.24) is 4.31 Å². The van der Waals surface area contributed by atoms with Gasteiger partial charge in [0, 0.05) is 12.2 Å². The molecular weight excluding hydrogens is 352 g/mol. The highest BCUT2D eigenvalue weighted by molar-refractivity contribution is 7.88. The highest BCUT2D eigenvalue weighted by atomic mass is 32.2. The van der Waals surface area contributed by atoms with Crippen LogP contribution in [-0.2, 0) is 21.4 Å². The molecule has 26 heavy (non-hydrogen) atoms. The third-order valence-electron chi connectivity index (χ3n) is 3.51. The first-order valence-corrected chi connectivity index (χ1v) is 9.86. The molecule has 0 radical (unpaired) electrons. The number of ether oxygens (including phenoxy) is 1. The van der Waals surface area contributed by atoms with Crippen molar-refractivity contribution in [3.05, 3.63) is 72.8 Å². The van der Waals surface area contributed by atoms with Crippen molar-refractivity contribution in [3.63, 3.8) is 0 Å². The van der Waals surface area contributed by atoms with E-state index in [1.165, 1.54) is 6.08 Å². The molecule has 2 aromatic carbocycles. The normalized spacial score (nSPS) is 11.2. The number of benzene rings is 2. The van der Waals surface area contributed by atoms with Gasteiger partial charge in [-0.15, -0.1) is 6.58 Å². The van der Waals surface area contributed by atoms with Crippen LogP contribution in [0.4, 0.5) is 5.69 Å². The molecule has 1 amide bonds. The van der Waals surface area contributed by atoms with Gasteiger partial charge in [-0.2, -0.15) is 4.31 Å². The third-order valence-corrected chi connectivity index (χ3v) is 4.72. The van der Waals surface area contributed by atoms with E-state index in [0.29, 0.717) is 18.0 Å². The summed E-state index contributed by atoms with van der Waals surface area (Å²) >= 11 is 0. The standard InChI is InChI=1S/C19H22N2O4S/c1-3-13-21(26(2,23)24)14-19(22)20-17-9-11-18(12-10-17)25-15-16-7-5-4-6-8-16/h3-12H,1,13-15H2,2H3,(H,20,22). The first kappa shape index (κ1) is 19.7. The molecule has 0 fully saturated rings. The number of rotatable bonds is 9. The average Bonchev–Trinajstić information content (AvgIpc) is 2.61. The maximum Gasteiger partial charge on any atom is 0.239 e. The number of nitrogens with zero attached hydrogens (tertiary/aromatic N) is 1. The third kappa shape index (κ3) is 6.34. The molecule has 0 saturated carbocycles. The number of hydrogen-bond donors (Lipinski definition) is 1. The Bertz CT molecular complexity index is 834. The van der Waals surface area contributed by atoms with Gasteiger partial charge in [0.25, 0.3) is 0 Å². The lowest BCUT2D eigenvalue weighted by atomic mass is 10.2. The number of amides is 1. The second kappa shape index (κ2) is 9.17. The zero-order valence-electron chi connectivity index (χ0n) is 14.6. The zero-order valence-corrected chi connectivity index (χ0v) is 15.4. The van der Waals surface area contributed by atoms with Gasteiger partial charge in [-0.05, 0) is 29.8 Å². The van der Waals surface area contributed by atoms with E-state index < -0.39 is 15.9 Å². The molecule has 0 atom stereocenters. The summed E-state index contributed by atoms with van der Waals surface area (Å²) in [7, 11) is -3.47. The summed E-state index contributed by atoms with van der Waals surface area (Å²) in [6, 6.07) is 16.7. The van der Waals surface area contributed by atoms with E-state index in [9.17, 15) is 13.2 Å². The summed E-state index contributed by atoms with van der Waals surface area (Å²) in [5.41, 5.74) is 1.63. The van der Waals surface area contributed by atoms with Crippen molar-refractivity contribution in [2.45, 2.75) is 6.61 Å². The van der Waals surface area contributed by atoms with Gasteiger partial charge >= 0.3 is 0 Å². The van der Waals surface area contributed by atoms with Crippen molar-refractivity contribution in [3.8, 4) is 5.75 Å². The molecule has 0 spiro atoms. The highest BCUT2D eigenvalue weighted by Gasteiger charge is 2.18. The van der Waals surface area contributed by atoms with Crippen LogP contribution in [0, 0.1) is 0 Å². The largest absolute Gasteiger partial charge is 0.489 e. The van der Waals surface area contributed by atoms with Gasteiger partial charge in [-0.1, -0.05) is 36.4 Å². The lowest BCUT2D eigenvalue weighted by Crippen LogP contribution is -2.37. The molecule has 0 aliphatic heterocycles. The van der Waals surface area contributed by atoms with Crippen LogP contribution in [0.25, 0.3) is 0 Å². The fourth-order valence-electron chi connectivity index (χ4n) is 2.20. The quantitative estimate of drug-likeness (QED) is 0.685. The SMILES string of the molecule is C=CCN(CC(=O)Nc1ccc(OCc2ccccc2)cc1)S(C)(=O)=O. The maximum atomic E-state index is 12.1. The number of anilines is 1. The summed E-state index contributed by atoms with van der Waals surface area (Å²) in [4.78, 5) is 12.1. The minimum absolute atomic E-state index is 0.0819. The first-order chi connectivity index (χ1) is 12.4. The zero-order chi connectivity index (χ0) is 19.0. The fraction of sp³-hybridized carbons (Fsp3) is 0.211. The molecule has 0 heterocycles. The van der Waals surface area contributed by atoms with Crippen LogP contribution >= 0.6 is 0 Å². The fourth-order valence-corrected chi connectivity index (χ4v) is 2.93. The van der Waals surface area contributed by atoms with Gasteiger partial charge < -0.3 is 10.1 Å². The Hall–Kier alpha value is -2.64. The maximum absolute atomic E-state index is 12.1. The molecule has 6 nitrogen and oxygen atoms in total. The summed E-state index contributed by atoms with van der Waals surface area (Å²) in [5.74, 6) is 0.256. The van der Waals surface area contributed by atoms with Crippen LogP contribution in [0.5, 0.6) is 5.75 Å². The average molecular weight is 374 g/mol. The lowest BCUT2D eigenvalue weighted by molar-refractivity contribution is -0.116. The smallest absolute Gasteiger partial charge is 0.239 e. The van der Waals surface area contributed by atoms with Crippen molar-refractivity contribution in [2.24, 2.45) is 0 Å².